The molecule has 0 amide bonds. The van der Waals surface area contributed by atoms with E-state index in [1.807, 2.05) is 50.3 Å². The number of benzene rings is 1. The van der Waals surface area contributed by atoms with Gasteiger partial charge in [-0.25, -0.2) is 0 Å². The molecule has 98 valence electrons. The Kier molecular flexibility index (Phi) is 5.63. The lowest BCUT2D eigenvalue weighted by molar-refractivity contribution is -0.155. The molecule has 1 aromatic rings. The molecule has 1 aromatic carbocycles. The van der Waals surface area contributed by atoms with Crippen LogP contribution in [0.5, 0.6) is 0 Å². The van der Waals surface area contributed by atoms with Crippen molar-refractivity contribution in [3.05, 3.63) is 48.6 Å². The predicted molar refractivity (Wildman–Crippen MR) is 74.1 cm³/mol. The molecule has 0 bridgehead atoms. The molecular formula is C16H22O2. The zero-order valence-corrected chi connectivity index (χ0v) is 11.3. The molecule has 1 rings (SSSR count). The van der Waals surface area contributed by atoms with Crippen LogP contribution >= 0.6 is 0 Å². The fourth-order valence-corrected chi connectivity index (χ4v) is 1.71. The lowest BCUT2D eigenvalue weighted by atomic mass is 9.87. The third-order valence-electron chi connectivity index (χ3n) is 2.98. The number of hydrogen-bond acceptors (Lipinski definition) is 2. The van der Waals surface area contributed by atoms with Gasteiger partial charge in [0, 0.05) is 0 Å². The summed E-state index contributed by atoms with van der Waals surface area (Å²) in [5, 5.41) is 0. The summed E-state index contributed by atoms with van der Waals surface area (Å²) in [6.45, 7) is 7.90. The third kappa shape index (κ3) is 4.74. The summed E-state index contributed by atoms with van der Waals surface area (Å²) in [6, 6.07) is 9.75. The largest absolute Gasteiger partial charge is 0.460 e. The van der Waals surface area contributed by atoms with E-state index in [-0.39, 0.29) is 5.97 Å². The van der Waals surface area contributed by atoms with E-state index in [1.165, 1.54) is 0 Å². The highest BCUT2D eigenvalue weighted by Gasteiger charge is 2.28. The second-order valence-electron chi connectivity index (χ2n) is 5.13. The highest BCUT2D eigenvalue weighted by Crippen LogP contribution is 2.25. The van der Waals surface area contributed by atoms with Crippen LogP contribution in [0.15, 0.2) is 43.0 Å². The normalized spacial score (nSPS) is 11.0. The first-order valence-corrected chi connectivity index (χ1v) is 6.38. The van der Waals surface area contributed by atoms with E-state index in [2.05, 4.69) is 6.58 Å². The Morgan fingerprint density at radius 1 is 1.33 bits per heavy atom. The molecule has 0 aromatic heterocycles. The quantitative estimate of drug-likeness (QED) is 0.411. The molecule has 0 N–H and O–H groups in total. The van der Waals surface area contributed by atoms with Crippen LogP contribution in [-0.2, 0) is 16.1 Å². The molecule has 0 atom stereocenters. The average Bonchev–Trinajstić information content (AvgIpc) is 2.37. The molecule has 0 aliphatic carbocycles. The van der Waals surface area contributed by atoms with Gasteiger partial charge in [0.05, 0.1) is 5.41 Å². The minimum absolute atomic E-state index is 0.129. The average molecular weight is 246 g/mol. The van der Waals surface area contributed by atoms with Crippen LogP contribution in [-0.4, -0.2) is 5.97 Å². The maximum absolute atomic E-state index is 12.0. The van der Waals surface area contributed by atoms with Crippen molar-refractivity contribution >= 4 is 5.97 Å². The molecule has 0 radical (unpaired) electrons. The van der Waals surface area contributed by atoms with Crippen molar-refractivity contribution in [1.82, 2.24) is 0 Å². The van der Waals surface area contributed by atoms with Gasteiger partial charge in [0.15, 0.2) is 0 Å². The highest BCUT2D eigenvalue weighted by molar-refractivity contribution is 5.75. The first-order chi connectivity index (χ1) is 8.56. The molecule has 2 nitrogen and oxygen atoms in total. The van der Waals surface area contributed by atoms with Crippen LogP contribution in [0.3, 0.4) is 0 Å². The summed E-state index contributed by atoms with van der Waals surface area (Å²) >= 11 is 0. The van der Waals surface area contributed by atoms with Crippen LogP contribution in [0.25, 0.3) is 0 Å². The van der Waals surface area contributed by atoms with Crippen molar-refractivity contribution in [3.8, 4) is 0 Å². The van der Waals surface area contributed by atoms with Crippen molar-refractivity contribution in [1.29, 1.82) is 0 Å². The summed E-state index contributed by atoms with van der Waals surface area (Å²) in [6.07, 6.45) is 4.62. The molecule has 0 aliphatic heterocycles. The number of unbranched alkanes of at least 4 members (excludes halogenated alkanes) is 1. The van der Waals surface area contributed by atoms with Crippen molar-refractivity contribution in [2.45, 2.75) is 39.7 Å². The minimum atomic E-state index is -0.419. The number of hydrogen-bond donors (Lipinski definition) is 0. The van der Waals surface area contributed by atoms with Gasteiger partial charge in [0.2, 0.25) is 0 Å². The van der Waals surface area contributed by atoms with Gasteiger partial charge in [-0.05, 0) is 38.7 Å². The molecule has 0 spiro atoms. The topological polar surface area (TPSA) is 26.3 Å². The van der Waals surface area contributed by atoms with Crippen LogP contribution < -0.4 is 0 Å². The van der Waals surface area contributed by atoms with Crippen molar-refractivity contribution in [2.24, 2.45) is 5.41 Å². The summed E-state index contributed by atoms with van der Waals surface area (Å²) in [5.41, 5.74) is 0.602. The minimum Gasteiger partial charge on any atom is -0.460 e. The molecule has 0 saturated carbocycles. The predicted octanol–water partition coefficient (Wildman–Crippen LogP) is 4.11. The van der Waals surface area contributed by atoms with Gasteiger partial charge in [0.25, 0.3) is 0 Å². The summed E-state index contributed by atoms with van der Waals surface area (Å²) in [5.74, 6) is -0.129. The van der Waals surface area contributed by atoms with E-state index in [0.29, 0.717) is 6.61 Å². The molecule has 0 saturated heterocycles. The van der Waals surface area contributed by atoms with Gasteiger partial charge < -0.3 is 4.74 Å². The molecular weight excluding hydrogens is 224 g/mol. The number of carbonyl (C=O) groups excluding carboxylic acids is 1. The van der Waals surface area contributed by atoms with E-state index >= 15 is 0 Å². The third-order valence-corrected chi connectivity index (χ3v) is 2.98. The molecule has 0 fully saturated rings. The van der Waals surface area contributed by atoms with Crippen LogP contribution in [0.4, 0.5) is 0 Å². The zero-order valence-electron chi connectivity index (χ0n) is 11.3. The van der Waals surface area contributed by atoms with Gasteiger partial charge >= 0.3 is 5.97 Å². The maximum atomic E-state index is 12.0. The Morgan fingerprint density at radius 3 is 2.61 bits per heavy atom. The van der Waals surface area contributed by atoms with Gasteiger partial charge in [-0.15, -0.1) is 6.58 Å². The number of esters is 1. The molecule has 2 heteroatoms. The molecule has 0 unspecified atom stereocenters. The fourth-order valence-electron chi connectivity index (χ4n) is 1.71. The van der Waals surface area contributed by atoms with E-state index in [9.17, 15) is 4.79 Å². The Balaban J connectivity index is 2.41. The van der Waals surface area contributed by atoms with Crippen LogP contribution in [0.2, 0.25) is 0 Å². The van der Waals surface area contributed by atoms with E-state index < -0.39 is 5.41 Å². The van der Waals surface area contributed by atoms with Crippen molar-refractivity contribution in [2.75, 3.05) is 0 Å². The first-order valence-electron chi connectivity index (χ1n) is 6.38. The molecule has 0 aliphatic rings. The summed E-state index contributed by atoms with van der Waals surface area (Å²) in [4.78, 5) is 12.0. The monoisotopic (exact) mass is 246 g/mol. The van der Waals surface area contributed by atoms with Gasteiger partial charge in [0.1, 0.15) is 6.61 Å². The smallest absolute Gasteiger partial charge is 0.311 e. The van der Waals surface area contributed by atoms with Gasteiger partial charge in [-0.2, -0.15) is 0 Å². The Hall–Kier alpha value is -1.57. The summed E-state index contributed by atoms with van der Waals surface area (Å²) in [7, 11) is 0. The first kappa shape index (κ1) is 14.5. The number of ether oxygens (including phenoxy) is 1. The van der Waals surface area contributed by atoms with Crippen LogP contribution in [0.1, 0.15) is 38.7 Å². The van der Waals surface area contributed by atoms with E-state index in [0.717, 1.165) is 24.8 Å². The van der Waals surface area contributed by atoms with E-state index in [1.54, 1.807) is 0 Å². The Morgan fingerprint density at radius 2 is 2.00 bits per heavy atom. The van der Waals surface area contributed by atoms with Crippen LogP contribution in [0, 0.1) is 5.41 Å². The number of carbonyl (C=O) groups is 1. The Bertz CT molecular complexity index is 379. The van der Waals surface area contributed by atoms with Crippen molar-refractivity contribution < 1.29 is 9.53 Å². The SMILES string of the molecule is C=CCCCC(C)(C)C(=O)OCc1ccccc1. The lowest BCUT2D eigenvalue weighted by Crippen LogP contribution is -2.26. The van der Waals surface area contributed by atoms with E-state index in [4.69, 9.17) is 4.74 Å². The zero-order chi connectivity index (χ0) is 13.4. The standard InChI is InChI=1S/C16H22O2/c1-4-5-9-12-16(2,3)15(17)18-13-14-10-7-6-8-11-14/h4,6-8,10-11H,1,5,9,12-13H2,2-3H3. The molecule has 0 heterocycles. The van der Waals surface area contributed by atoms with Gasteiger partial charge in [-0.3, -0.25) is 4.79 Å². The molecule has 18 heavy (non-hydrogen) atoms. The van der Waals surface area contributed by atoms with Crippen molar-refractivity contribution in [3.63, 3.8) is 0 Å². The highest BCUT2D eigenvalue weighted by atomic mass is 16.5. The van der Waals surface area contributed by atoms with Gasteiger partial charge in [-0.1, -0.05) is 36.4 Å². The number of rotatable bonds is 7. The Labute approximate surface area is 110 Å². The second-order valence-corrected chi connectivity index (χ2v) is 5.13. The number of allylic oxidation sites excluding steroid dienone is 1. The lowest BCUT2D eigenvalue weighted by Gasteiger charge is -2.22. The summed E-state index contributed by atoms with van der Waals surface area (Å²) < 4.78 is 5.36. The maximum Gasteiger partial charge on any atom is 0.311 e. The fraction of sp³-hybridized carbons (Fsp3) is 0.438. The second kappa shape index (κ2) is 7.00.